The number of fused-ring (bicyclic) bond motifs is 12. The Labute approximate surface area is 578 Å². The number of benzene rings is 17. The van der Waals surface area contributed by atoms with Gasteiger partial charge in [0.2, 0.25) is 0 Å². The van der Waals surface area contributed by atoms with Gasteiger partial charge < -0.3 is 0 Å². The summed E-state index contributed by atoms with van der Waals surface area (Å²) >= 11 is 0. The molecule has 0 N–H and O–H groups in total. The number of hydrogen-bond donors (Lipinski definition) is 0. The number of aromatic nitrogens is 3. The van der Waals surface area contributed by atoms with Crippen molar-refractivity contribution in [3.8, 4) is 89.3 Å². The minimum absolute atomic E-state index is 0.951. The van der Waals surface area contributed by atoms with Crippen molar-refractivity contribution in [2.45, 2.75) is 0 Å². The molecule has 3 nitrogen and oxygen atoms in total. The highest BCUT2D eigenvalue weighted by Gasteiger charge is 2.20. The summed E-state index contributed by atoms with van der Waals surface area (Å²) in [7, 11) is 0. The highest BCUT2D eigenvalue weighted by atomic mass is 14.7. The molecule has 0 saturated carbocycles. The van der Waals surface area contributed by atoms with Gasteiger partial charge in [0, 0.05) is 49.8 Å². The molecule has 0 spiro atoms. The predicted octanol–water partition coefficient (Wildman–Crippen LogP) is 26.4. The Kier molecular flexibility index (Phi) is 14.2. The van der Waals surface area contributed by atoms with E-state index in [0.29, 0.717) is 0 Å². The van der Waals surface area contributed by atoms with Crippen LogP contribution in [0.1, 0.15) is 0 Å². The summed E-state index contributed by atoms with van der Waals surface area (Å²) in [5.74, 6) is 0. The van der Waals surface area contributed by atoms with Gasteiger partial charge in [0.15, 0.2) is 0 Å². The van der Waals surface area contributed by atoms with Gasteiger partial charge in [-0.15, -0.1) is 0 Å². The van der Waals surface area contributed by atoms with Crippen molar-refractivity contribution in [1.29, 1.82) is 0 Å². The van der Waals surface area contributed by atoms with Crippen molar-refractivity contribution in [2.24, 2.45) is 0 Å². The van der Waals surface area contributed by atoms with E-state index in [1.165, 1.54) is 120 Å². The third-order valence-corrected chi connectivity index (χ3v) is 20.3. The summed E-state index contributed by atoms with van der Waals surface area (Å²) in [6.45, 7) is 0. The summed E-state index contributed by atoms with van der Waals surface area (Å²) in [6, 6.07) is 132. The lowest BCUT2D eigenvalue weighted by atomic mass is 9.90. The van der Waals surface area contributed by atoms with E-state index in [2.05, 4.69) is 358 Å². The lowest BCUT2D eigenvalue weighted by Crippen LogP contribution is -1.94. The summed E-state index contributed by atoms with van der Waals surface area (Å²) in [6.07, 6.45) is 1.86. The smallest absolute Gasteiger partial charge is 0.0794 e. The van der Waals surface area contributed by atoms with Crippen LogP contribution in [0.2, 0.25) is 0 Å². The number of nitrogens with zero attached hydrogens (tertiary/aromatic N) is 3. The molecule has 3 heteroatoms. The normalized spacial score (nSPS) is 11.6. The molecule has 0 unspecified atom stereocenters. The minimum Gasteiger partial charge on any atom is -0.256 e. The number of rotatable bonds is 8. The van der Waals surface area contributed by atoms with Crippen LogP contribution in [-0.2, 0) is 0 Å². The standard InChI is InChI=1S/C49H31N.C48H30N2/c1-4-12-37-27-40(24-19-32(37)9-1)35-17-22-36(23-18-35)48-31-46(42-26-21-34-11-3-6-14-39(34)29-42)47-30-45(43-15-7-8-16-44(43)49(47)50-48)41-25-20-33-10-2-5-13-38(33)28-41;1-3-11-36-27-38(24-18-31(36)9-1)43-29-45-44(39-25-19-32-10-2-4-12-37(32)28-39)30-46(50-48(45)42-16-6-5-15-41(42)43)34-22-20-33(21-23-34)40-17-7-13-35-14-8-26-49-47(35)40/h1-31H;1-30H. The third kappa shape index (κ3) is 10.5. The second-order valence-corrected chi connectivity index (χ2v) is 26.2. The van der Waals surface area contributed by atoms with Crippen LogP contribution >= 0.6 is 0 Å². The van der Waals surface area contributed by atoms with E-state index >= 15 is 0 Å². The second-order valence-electron chi connectivity index (χ2n) is 26.2. The van der Waals surface area contributed by atoms with Crippen molar-refractivity contribution in [3.05, 3.63) is 370 Å². The van der Waals surface area contributed by atoms with Gasteiger partial charge >= 0.3 is 0 Å². The maximum absolute atomic E-state index is 5.45. The van der Waals surface area contributed by atoms with Crippen molar-refractivity contribution in [1.82, 2.24) is 15.0 Å². The van der Waals surface area contributed by atoms with Gasteiger partial charge in [-0.25, -0.2) is 9.97 Å². The molecule has 17 aromatic carbocycles. The zero-order chi connectivity index (χ0) is 66.0. The summed E-state index contributed by atoms with van der Waals surface area (Å²) in [5.41, 5.74) is 21.4. The lowest BCUT2D eigenvalue weighted by molar-refractivity contribution is 1.40. The van der Waals surface area contributed by atoms with E-state index in [0.717, 1.165) is 77.1 Å². The van der Waals surface area contributed by atoms with Crippen molar-refractivity contribution in [2.75, 3.05) is 0 Å². The van der Waals surface area contributed by atoms with E-state index in [-0.39, 0.29) is 0 Å². The molecular formula is C97H61N3. The van der Waals surface area contributed by atoms with Crippen LogP contribution in [0.25, 0.3) is 197 Å². The molecule has 3 heterocycles. The zero-order valence-electron chi connectivity index (χ0n) is 54.6. The van der Waals surface area contributed by atoms with Gasteiger partial charge in [-0.3, -0.25) is 4.98 Å². The molecule has 3 aromatic heterocycles. The topological polar surface area (TPSA) is 38.7 Å². The first-order valence-corrected chi connectivity index (χ1v) is 34.3. The predicted molar refractivity (Wildman–Crippen MR) is 425 cm³/mol. The average Bonchev–Trinajstić information content (AvgIpc) is 0.742. The Bertz CT molecular complexity index is 6640. The molecule has 0 fully saturated rings. The highest BCUT2D eigenvalue weighted by Crippen LogP contribution is 2.45. The van der Waals surface area contributed by atoms with Crippen molar-refractivity contribution >= 4 is 108 Å². The number of pyridine rings is 3. The first-order valence-electron chi connectivity index (χ1n) is 34.3. The molecule has 0 radical (unpaired) electrons. The Hall–Kier alpha value is -13.2. The Morgan fingerprint density at radius 1 is 0.150 bits per heavy atom. The highest BCUT2D eigenvalue weighted by molar-refractivity contribution is 6.19. The maximum atomic E-state index is 5.45. The first-order chi connectivity index (χ1) is 49.5. The minimum atomic E-state index is 0.951. The Balaban J connectivity index is 0.000000139. The van der Waals surface area contributed by atoms with E-state index in [9.17, 15) is 0 Å². The maximum Gasteiger partial charge on any atom is 0.0794 e. The van der Waals surface area contributed by atoms with Crippen LogP contribution in [0.15, 0.2) is 370 Å². The van der Waals surface area contributed by atoms with Gasteiger partial charge in [-0.1, -0.05) is 303 Å². The Morgan fingerprint density at radius 2 is 0.450 bits per heavy atom. The summed E-state index contributed by atoms with van der Waals surface area (Å²) < 4.78 is 0. The fourth-order valence-corrected chi connectivity index (χ4v) is 15.1. The SMILES string of the molecule is c1ccc2cc(-c3cc4c(-c5ccc6ccccc6c5)cc(-c5ccc(-c6cccc7cccnc67)cc5)nc4c4ccccc34)ccc2c1.c1ccc2cc(-c3ccc(-c4cc(-c5ccc6ccccc6c5)c5cc(-c6ccc7ccccc7c6)c6ccccc6c5n4)cc3)ccc2c1. The molecule has 0 aliphatic heterocycles. The van der Waals surface area contributed by atoms with E-state index in [1.807, 2.05) is 12.3 Å². The number of hydrogen-bond acceptors (Lipinski definition) is 3. The van der Waals surface area contributed by atoms with Crippen LogP contribution in [0, 0.1) is 0 Å². The number of para-hydroxylation sites is 1. The van der Waals surface area contributed by atoms with Crippen molar-refractivity contribution < 1.29 is 0 Å². The molecule has 0 aliphatic rings. The fourth-order valence-electron chi connectivity index (χ4n) is 15.1. The van der Waals surface area contributed by atoms with Gasteiger partial charge in [-0.2, -0.15) is 0 Å². The lowest BCUT2D eigenvalue weighted by Gasteiger charge is -2.16. The van der Waals surface area contributed by atoms with E-state index in [4.69, 9.17) is 15.0 Å². The molecule has 20 rings (SSSR count). The molecule has 0 bridgehead atoms. The molecular weight excluding hydrogens is 1210 g/mol. The molecule has 0 aliphatic carbocycles. The first kappa shape index (κ1) is 58.2. The second kappa shape index (κ2) is 24.5. The largest absolute Gasteiger partial charge is 0.256 e. The Morgan fingerprint density at radius 3 is 0.860 bits per heavy atom. The quantitative estimate of drug-likeness (QED) is 0.142. The molecule has 0 amide bonds. The summed E-state index contributed by atoms with van der Waals surface area (Å²) in [5, 5.41) is 20.5. The molecule has 0 atom stereocenters. The zero-order valence-corrected chi connectivity index (χ0v) is 54.6. The van der Waals surface area contributed by atoms with Crippen LogP contribution in [-0.4, -0.2) is 15.0 Å². The molecule has 20 aromatic rings. The molecule has 100 heavy (non-hydrogen) atoms. The molecule has 464 valence electrons. The fraction of sp³-hybridized carbons (Fsp3) is 0. The average molecular weight is 1270 g/mol. The van der Waals surface area contributed by atoms with Crippen molar-refractivity contribution in [3.63, 3.8) is 0 Å². The van der Waals surface area contributed by atoms with Crippen LogP contribution in [0.4, 0.5) is 0 Å². The van der Waals surface area contributed by atoms with Gasteiger partial charge in [0.25, 0.3) is 0 Å². The van der Waals surface area contributed by atoms with E-state index < -0.39 is 0 Å². The van der Waals surface area contributed by atoms with Crippen LogP contribution < -0.4 is 0 Å². The van der Waals surface area contributed by atoms with Gasteiger partial charge in [-0.05, 0) is 186 Å². The third-order valence-electron chi connectivity index (χ3n) is 20.3. The summed E-state index contributed by atoms with van der Waals surface area (Å²) in [4.78, 5) is 15.6. The monoisotopic (exact) mass is 1270 g/mol. The molecule has 0 saturated heterocycles. The van der Waals surface area contributed by atoms with Crippen LogP contribution in [0.5, 0.6) is 0 Å². The van der Waals surface area contributed by atoms with Gasteiger partial charge in [0.05, 0.1) is 27.9 Å². The van der Waals surface area contributed by atoms with Gasteiger partial charge in [0.1, 0.15) is 0 Å². The van der Waals surface area contributed by atoms with Crippen LogP contribution in [0.3, 0.4) is 0 Å². The van der Waals surface area contributed by atoms with E-state index in [1.54, 1.807) is 0 Å².